The SMILES string of the molecule is O=[N+]([O-])C1=C(c2ccccc2)O1. The first-order chi connectivity index (χ1) is 5.79. The van der Waals surface area contributed by atoms with Gasteiger partial charge < -0.3 is 4.74 Å². The highest BCUT2D eigenvalue weighted by atomic mass is 16.7. The predicted molar refractivity (Wildman–Crippen MR) is 41.4 cm³/mol. The molecule has 0 spiro atoms. The Morgan fingerprint density at radius 3 is 2.42 bits per heavy atom. The van der Waals surface area contributed by atoms with E-state index in [0.717, 1.165) is 5.56 Å². The van der Waals surface area contributed by atoms with Crippen LogP contribution in [0.3, 0.4) is 0 Å². The second-order valence-corrected chi connectivity index (χ2v) is 2.36. The maximum absolute atomic E-state index is 10.2. The average molecular weight is 163 g/mol. The number of ether oxygens (including phenoxy) is 1. The van der Waals surface area contributed by atoms with Crippen LogP contribution in [0.2, 0.25) is 0 Å². The molecule has 0 fully saturated rings. The van der Waals surface area contributed by atoms with Crippen LogP contribution in [0.15, 0.2) is 36.2 Å². The van der Waals surface area contributed by atoms with Crippen molar-refractivity contribution in [2.75, 3.05) is 0 Å². The van der Waals surface area contributed by atoms with Crippen molar-refractivity contribution in [2.24, 2.45) is 0 Å². The lowest BCUT2D eigenvalue weighted by Crippen LogP contribution is -1.85. The van der Waals surface area contributed by atoms with Crippen LogP contribution in [0.5, 0.6) is 0 Å². The summed E-state index contributed by atoms with van der Waals surface area (Å²) in [4.78, 5) is 9.64. The van der Waals surface area contributed by atoms with Gasteiger partial charge in [0.2, 0.25) is 0 Å². The lowest BCUT2D eigenvalue weighted by molar-refractivity contribution is -0.437. The molecule has 0 bridgehead atoms. The summed E-state index contributed by atoms with van der Waals surface area (Å²) >= 11 is 0. The maximum Gasteiger partial charge on any atom is 0.477 e. The molecule has 0 amide bonds. The average Bonchev–Trinajstić information content (AvgIpc) is 2.84. The highest BCUT2D eigenvalue weighted by Crippen LogP contribution is 2.35. The predicted octanol–water partition coefficient (Wildman–Crippen LogP) is 1.62. The molecule has 4 nitrogen and oxygen atoms in total. The van der Waals surface area contributed by atoms with Gasteiger partial charge in [0.25, 0.3) is 5.76 Å². The summed E-state index contributed by atoms with van der Waals surface area (Å²) in [5.74, 6) is 0.238. The van der Waals surface area contributed by atoms with E-state index in [1.54, 1.807) is 12.1 Å². The fourth-order valence-corrected chi connectivity index (χ4v) is 0.963. The van der Waals surface area contributed by atoms with Gasteiger partial charge in [0.1, 0.15) is 4.92 Å². The van der Waals surface area contributed by atoms with E-state index in [1.807, 2.05) is 18.2 Å². The number of rotatable bonds is 2. The molecule has 12 heavy (non-hydrogen) atoms. The van der Waals surface area contributed by atoms with Crippen LogP contribution < -0.4 is 0 Å². The molecule has 1 aromatic rings. The third kappa shape index (κ3) is 1.03. The Morgan fingerprint density at radius 1 is 1.25 bits per heavy atom. The van der Waals surface area contributed by atoms with Crippen molar-refractivity contribution in [3.05, 3.63) is 51.9 Å². The van der Waals surface area contributed by atoms with Crippen molar-refractivity contribution in [1.82, 2.24) is 0 Å². The minimum atomic E-state index is -0.525. The Labute approximate surface area is 68.2 Å². The molecule has 0 N–H and O–H groups in total. The Bertz CT molecular complexity index is 356. The van der Waals surface area contributed by atoms with E-state index in [9.17, 15) is 10.1 Å². The quantitative estimate of drug-likeness (QED) is 0.491. The maximum atomic E-state index is 10.2. The van der Waals surface area contributed by atoms with Gasteiger partial charge in [-0.2, -0.15) is 0 Å². The molecule has 4 heteroatoms. The fraction of sp³-hybridized carbons (Fsp3) is 0. The molecule has 60 valence electrons. The van der Waals surface area contributed by atoms with Crippen LogP contribution in [-0.2, 0) is 4.74 Å². The summed E-state index contributed by atoms with van der Waals surface area (Å²) in [5.41, 5.74) is 0.754. The molecular formula is C8H5NO3. The number of nitro groups is 1. The molecule has 0 aromatic heterocycles. The van der Waals surface area contributed by atoms with Crippen molar-refractivity contribution >= 4 is 5.76 Å². The number of hydrogen-bond acceptors (Lipinski definition) is 3. The molecule has 0 radical (unpaired) electrons. The third-order valence-electron chi connectivity index (χ3n) is 1.55. The zero-order valence-electron chi connectivity index (χ0n) is 6.06. The zero-order chi connectivity index (χ0) is 8.55. The van der Waals surface area contributed by atoms with Crippen LogP contribution >= 0.6 is 0 Å². The van der Waals surface area contributed by atoms with Crippen molar-refractivity contribution in [3.8, 4) is 0 Å². The van der Waals surface area contributed by atoms with Crippen LogP contribution in [0, 0.1) is 10.1 Å². The first kappa shape index (κ1) is 6.84. The third-order valence-corrected chi connectivity index (χ3v) is 1.55. The second kappa shape index (κ2) is 2.34. The van der Waals surface area contributed by atoms with E-state index in [0.29, 0.717) is 5.76 Å². The number of nitrogens with zero attached hydrogens (tertiary/aromatic N) is 1. The molecule has 0 saturated heterocycles. The van der Waals surface area contributed by atoms with E-state index in [1.165, 1.54) is 0 Å². The van der Waals surface area contributed by atoms with Crippen LogP contribution in [0.25, 0.3) is 5.76 Å². The minimum absolute atomic E-state index is 0.138. The largest absolute Gasteiger partial charge is 0.477 e. The summed E-state index contributed by atoms with van der Waals surface area (Å²) < 4.78 is 4.70. The molecule has 1 aliphatic heterocycles. The molecule has 0 saturated carbocycles. The molecule has 1 aromatic carbocycles. The molecule has 2 rings (SSSR count). The Balaban J connectivity index is 2.31. The van der Waals surface area contributed by atoms with E-state index in [2.05, 4.69) is 0 Å². The van der Waals surface area contributed by atoms with Crippen LogP contribution in [-0.4, -0.2) is 4.92 Å². The summed E-state index contributed by atoms with van der Waals surface area (Å²) in [6, 6.07) is 9.00. The van der Waals surface area contributed by atoms with Crippen LogP contribution in [0.4, 0.5) is 0 Å². The van der Waals surface area contributed by atoms with Gasteiger partial charge in [0, 0.05) is 5.56 Å². The highest BCUT2D eigenvalue weighted by molar-refractivity contribution is 5.69. The topological polar surface area (TPSA) is 55.7 Å². The molecule has 0 aliphatic carbocycles. The first-order valence-corrected chi connectivity index (χ1v) is 3.41. The molecule has 1 heterocycles. The van der Waals surface area contributed by atoms with E-state index in [4.69, 9.17) is 4.74 Å². The van der Waals surface area contributed by atoms with E-state index >= 15 is 0 Å². The summed E-state index contributed by atoms with van der Waals surface area (Å²) in [6.07, 6.45) is 0. The summed E-state index contributed by atoms with van der Waals surface area (Å²) in [5, 5.41) is 10.2. The molecule has 0 atom stereocenters. The normalized spacial score (nSPS) is 14.0. The number of hydrogen-bond donors (Lipinski definition) is 0. The van der Waals surface area contributed by atoms with Gasteiger partial charge in [-0.15, -0.1) is 0 Å². The van der Waals surface area contributed by atoms with E-state index < -0.39 is 4.92 Å². The number of benzene rings is 1. The smallest absolute Gasteiger partial charge is 0.387 e. The van der Waals surface area contributed by atoms with Gasteiger partial charge >= 0.3 is 5.88 Å². The second-order valence-electron chi connectivity index (χ2n) is 2.36. The van der Waals surface area contributed by atoms with Crippen molar-refractivity contribution in [2.45, 2.75) is 0 Å². The standard InChI is InChI=1S/C8H5NO3/c10-9(11)8-7(12-8)6-4-2-1-3-5-6/h1-5H. The van der Waals surface area contributed by atoms with Gasteiger partial charge in [-0.05, 0) is 0 Å². The lowest BCUT2D eigenvalue weighted by atomic mass is 10.2. The monoisotopic (exact) mass is 163 g/mol. The van der Waals surface area contributed by atoms with Gasteiger partial charge in [0.15, 0.2) is 0 Å². The summed E-state index contributed by atoms with van der Waals surface area (Å²) in [6.45, 7) is 0. The summed E-state index contributed by atoms with van der Waals surface area (Å²) in [7, 11) is 0. The van der Waals surface area contributed by atoms with Crippen molar-refractivity contribution in [1.29, 1.82) is 0 Å². The Hall–Kier alpha value is -1.84. The van der Waals surface area contributed by atoms with E-state index in [-0.39, 0.29) is 5.88 Å². The highest BCUT2D eigenvalue weighted by Gasteiger charge is 2.39. The van der Waals surface area contributed by atoms with Gasteiger partial charge in [-0.25, -0.2) is 0 Å². The Morgan fingerprint density at radius 2 is 1.92 bits per heavy atom. The Kier molecular flexibility index (Phi) is 1.33. The molecule has 0 unspecified atom stereocenters. The van der Waals surface area contributed by atoms with Crippen molar-refractivity contribution < 1.29 is 9.66 Å². The fourth-order valence-electron chi connectivity index (χ4n) is 0.963. The lowest BCUT2D eigenvalue weighted by Gasteiger charge is -1.84. The van der Waals surface area contributed by atoms with Gasteiger partial charge in [-0.1, -0.05) is 30.3 Å². The van der Waals surface area contributed by atoms with Crippen LogP contribution in [0.1, 0.15) is 5.56 Å². The minimum Gasteiger partial charge on any atom is -0.387 e. The zero-order valence-corrected chi connectivity index (χ0v) is 6.06. The van der Waals surface area contributed by atoms with Gasteiger partial charge in [-0.3, -0.25) is 10.1 Å². The first-order valence-electron chi connectivity index (χ1n) is 3.41. The van der Waals surface area contributed by atoms with Crippen molar-refractivity contribution in [3.63, 3.8) is 0 Å². The van der Waals surface area contributed by atoms with Gasteiger partial charge in [0.05, 0.1) is 0 Å². The molecule has 1 aliphatic rings. The molecular weight excluding hydrogens is 158 g/mol.